The number of rotatable bonds is 14. The predicted molar refractivity (Wildman–Crippen MR) is 224 cm³/mol. The molecule has 0 spiro atoms. The quantitative estimate of drug-likeness (QED) is 0.167. The number of carbonyl (C=O) groups excluding carboxylic acids is 4. The fraction of sp³-hybridized carbons (Fsp3) is 0.422. The number of hydrogen-bond donors (Lipinski definition) is 0. The minimum Gasteiger partial charge on any atom is -0.870 e. The molecule has 2 unspecified atom stereocenters. The third-order valence-corrected chi connectivity index (χ3v) is 14.1. The van der Waals surface area contributed by atoms with Crippen molar-refractivity contribution in [3.05, 3.63) is 131 Å². The molecular formula is C45H55F2LiN2O11S2. The molecule has 0 amide bonds. The molecule has 2 heterocycles. The molecule has 1 N–H and O–H groups in total. The largest absolute Gasteiger partial charge is 1.00 e. The fourth-order valence-electron chi connectivity index (χ4n) is 7.02. The molecule has 0 saturated carbocycles. The van der Waals surface area contributed by atoms with Gasteiger partial charge in [0.1, 0.15) is 0 Å². The summed E-state index contributed by atoms with van der Waals surface area (Å²) in [7, 11) is -7.26. The first-order chi connectivity index (χ1) is 29.4. The van der Waals surface area contributed by atoms with E-state index in [2.05, 4.69) is 0 Å². The van der Waals surface area contributed by atoms with Gasteiger partial charge < -0.3 is 14.9 Å². The Labute approximate surface area is 381 Å². The summed E-state index contributed by atoms with van der Waals surface area (Å²) in [6, 6.07) is 31.9. The maximum Gasteiger partial charge on any atom is 1.00 e. The van der Waals surface area contributed by atoms with Crippen molar-refractivity contribution in [1.29, 1.82) is 0 Å². The van der Waals surface area contributed by atoms with Crippen LogP contribution in [0, 0.1) is 6.92 Å². The van der Waals surface area contributed by atoms with E-state index in [4.69, 9.17) is 28.7 Å². The molecule has 63 heavy (non-hydrogen) atoms. The molecule has 6 rings (SSSR count). The average molecular weight is 909 g/mol. The number of halogens is 2. The second kappa shape index (κ2) is 30.8. The number of ether oxygens (including phenoxy) is 2. The van der Waals surface area contributed by atoms with Crippen LogP contribution in [0.25, 0.3) is 0 Å². The molecule has 13 nitrogen and oxygen atoms in total. The summed E-state index contributed by atoms with van der Waals surface area (Å²) in [6.45, 7) is 3.58. The summed E-state index contributed by atoms with van der Waals surface area (Å²) < 4.78 is 93.4. The van der Waals surface area contributed by atoms with Crippen LogP contribution in [-0.4, -0.2) is 95.0 Å². The molecule has 0 aliphatic carbocycles. The zero-order valence-corrected chi connectivity index (χ0v) is 37.4. The first-order valence-corrected chi connectivity index (χ1v) is 22.9. The topological polar surface area (TPSA) is 191 Å². The number of alkyl halides is 2. The second-order valence-electron chi connectivity index (χ2n) is 14.3. The summed E-state index contributed by atoms with van der Waals surface area (Å²) >= 11 is 0. The number of nitrogens with zero attached hydrogens (tertiary/aromatic N) is 2. The van der Waals surface area contributed by atoms with Crippen LogP contribution in [-0.2, 0) is 74.8 Å². The number of benzene rings is 4. The number of aryl methyl sites for hydroxylation is 3. The monoisotopic (exact) mass is 908 g/mol. The third kappa shape index (κ3) is 18.8. The zero-order valence-electron chi connectivity index (χ0n) is 35.8. The summed E-state index contributed by atoms with van der Waals surface area (Å²) in [4.78, 5) is 33.0. The molecule has 4 aromatic carbocycles. The molecule has 2 aliphatic rings. The van der Waals surface area contributed by atoms with E-state index in [1.54, 1.807) is 36.4 Å². The van der Waals surface area contributed by atoms with Gasteiger partial charge in [0.2, 0.25) is 20.0 Å². The van der Waals surface area contributed by atoms with E-state index in [1.807, 2.05) is 73.7 Å². The van der Waals surface area contributed by atoms with Crippen molar-refractivity contribution in [1.82, 2.24) is 8.61 Å². The summed E-state index contributed by atoms with van der Waals surface area (Å²) in [5.74, 6) is 0. The average Bonchev–Trinajstić information content (AvgIpc) is 3.67. The van der Waals surface area contributed by atoms with Crippen molar-refractivity contribution < 1.29 is 78.6 Å². The van der Waals surface area contributed by atoms with Crippen LogP contribution in [0.3, 0.4) is 0 Å². The summed E-state index contributed by atoms with van der Waals surface area (Å²) in [5.41, 5.74) is 4.19. The van der Waals surface area contributed by atoms with E-state index < -0.39 is 33.4 Å². The van der Waals surface area contributed by atoms with E-state index in [9.17, 15) is 25.6 Å². The molecule has 2 saturated heterocycles. The minimum absolute atomic E-state index is 0. The summed E-state index contributed by atoms with van der Waals surface area (Å²) in [6.07, 6.45) is 5.34. The van der Waals surface area contributed by atoms with Gasteiger partial charge in [-0.3, -0.25) is 8.78 Å². The van der Waals surface area contributed by atoms with E-state index in [-0.39, 0.29) is 71.5 Å². The second-order valence-corrected chi connectivity index (χ2v) is 18.1. The maximum atomic E-state index is 13.2. The van der Waals surface area contributed by atoms with Crippen molar-refractivity contribution in [3.8, 4) is 0 Å². The van der Waals surface area contributed by atoms with E-state index >= 15 is 0 Å². The Morgan fingerprint density at radius 3 is 1.41 bits per heavy atom. The molecule has 18 heteroatoms. The van der Waals surface area contributed by atoms with Gasteiger partial charge in [-0.05, 0) is 85.4 Å². The Bertz CT molecular complexity index is 2180. The molecular weight excluding hydrogens is 854 g/mol. The summed E-state index contributed by atoms with van der Waals surface area (Å²) in [5, 5.41) is 0. The Morgan fingerprint density at radius 2 is 0.968 bits per heavy atom. The minimum atomic E-state index is -3.64. The first kappa shape index (κ1) is 56.8. The Morgan fingerprint density at radius 1 is 0.571 bits per heavy atom. The molecule has 2 atom stereocenters. The molecule has 338 valence electrons. The van der Waals surface area contributed by atoms with Gasteiger partial charge in [-0.15, -0.1) is 0 Å². The Hall–Kier alpha value is -4.20. The zero-order chi connectivity index (χ0) is 44.5. The van der Waals surface area contributed by atoms with Gasteiger partial charge in [0, 0.05) is 39.0 Å². The van der Waals surface area contributed by atoms with Gasteiger partial charge in [-0.1, -0.05) is 91.0 Å². The van der Waals surface area contributed by atoms with Gasteiger partial charge in [0.25, 0.3) is 0 Å². The molecule has 4 aromatic rings. The normalized spacial score (nSPS) is 16.7. The molecule has 0 aromatic heterocycles. The number of sulfonamides is 2. The van der Waals surface area contributed by atoms with Gasteiger partial charge in [0.15, 0.2) is 0 Å². The van der Waals surface area contributed by atoms with Crippen molar-refractivity contribution in [2.45, 2.75) is 93.5 Å². The Kier molecular flexibility index (Phi) is 27.8. The smallest absolute Gasteiger partial charge is 0.870 e. The van der Waals surface area contributed by atoms with Gasteiger partial charge in [-0.2, -0.15) is 27.8 Å². The Balaban J connectivity index is 0.000000545. The van der Waals surface area contributed by atoms with Crippen molar-refractivity contribution >= 4 is 32.3 Å². The van der Waals surface area contributed by atoms with Gasteiger partial charge in [0.05, 0.1) is 48.6 Å². The van der Waals surface area contributed by atoms with E-state index in [1.165, 1.54) is 8.61 Å². The molecule has 2 aliphatic heterocycles. The number of hydrogen-bond acceptors (Lipinski definition) is 11. The third-order valence-electron chi connectivity index (χ3n) is 10.1. The van der Waals surface area contributed by atoms with Crippen molar-refractivity contribution in [3.63, 3.8) is 0 Å². The molecule has 0 bridgehead atoms. The van der Waals surface area contributed by atoms with Crippen LogP contribution in [0.1, 0.15) is 66.3 Å². The van der Waals surface area contributed by atoms with Crippen LogP contribution >= 0.6 is 0 Å². The van der Waals surface area contributed by atoms with Crippen LogP contribution in [0.15, 0.2) is 113 Å². The van der Waals surface area contributed by atoms with Crippen LogP contribution in [0.4, 0.5) is 8.78 Å². The van der Waals surface area contributed by atoms with E-state index in [0.717, 1.165) is 42.4 Å². The van der Waals surface area contributed by atoms with Crippen molar-refractivity contribution in [2.24, 2.45) is 0 Å². The SMILES string of the molecule is Cc1ccc(CCF)c(S(=O)(=O)N2CCCC(OCc3ccccc3)CC2)c1.O=C=O.O=C=O.O=S(=O)(c1ccccc1CCF)N1CCCC(OCc2ccccc2)CC1.[Li+].[OH-]. The predicted octanol–water partition coefficient (Wildman–Crippen LogP) is 3.89. The van der Waals surface area contributed by atoms with Crippen LogP contribution < -0.4 is 18.9 Å². The fourth-order valence-corrected chi connectivity index (χ4v) is 10.6. The first-order valence-electron chi connectivity index (χ1n) is 20.0. The van der Waals surface area contributed by atoms with Crippen LogP contribution in [0.5, 0.6) is 0 Å². The van der Waals surface area contributed by atoms with Crippen LogP contribution in [0.2, 0.25) is 0 Å². The standard InChI is InChI=1S/C22H28FNO3S.C21H26FNO3S.2CO2.Li.H2O/c1-18-9-10-20(11-13-23)22(16-18)28(25,26)24-14-5-8-21(12-15-24)27-17-19-6-3-2-4-7-19;22-14-12-19-9-4-5-11-21(19)27(24,25)23-15-6-10-20(13-16-23)26-17-18-7-2-1-3-8-18;2*2-1-3;;/h2-4,6-7,9-10,16,21H,5,8,11-15,17H2,1H3;1-5,7-9,11,20H,6,10,12-17H2;;;;1H2/q;;;;+1;/p-1. The van der Waals surface area contributed by atoms with E-state index in [0.29, 0.717) is 63.4 Å². The van der Waals surface area contributed by atoms with Crippen molar-refractivity contribution in [2.75, 3.05) is 39.5 Å². The van der Waals surface area contributed by atoms with Gasteiger partial charge >= 0.3 is 31.2 Å². The molecule has 2 fully saturated rings. The van der Waals surface area contributed by atoms with Gasteiger partial charge in [-0.25, -0.2) is 16.8 Å². The maximum absolute atomic E-state index is 13.2. The molecule has 0 radical (unpaired) electrons.